The van der Waals surface area contributed by atoms with Crippen LogP contribution in [0.25, 0.3) is 0 Å². The normalized spacial score (nSPS) is 15.4. The summed E-state index contributed by atoms with van der Waals surface area (Å²) in [6.45, 7) is 5.15. The second-order valence-corrected chi connectivity index (χ2v) is 4.41. The van der Waals surface area contributed by atoms with Gasteiger partial charge in [0.2, 0.25) is 0 Å². The number of piperazine rings is 1. The number of rotatable bonds is 6. The third-order valence-electron chi connectivity index (χ3n) is 3.17. The molecule has 0 unspecified atom stereocenters. The van der Waals surface area contributed by atoms with Gasteiger partial charge in [0.1, 0.15) is 18.1 Å². The summed E-state index contributed by atoms with van der Waals surface area (Å²) in [7, 11) is 3.36. The van der Waals surface area contributed by atoms with Crippen LogP contribution in [0, 0.1) is 0 Å². The van der Waals surface area contributed by atoms with E-state index in [1.165, 1.54) is 0 Å². The molecule has 0 amide bonds. The van der Waals surface area contributed by atoms with E-state index in [4.69, 9.17) is 14.2 Å². The van der Waals surface area contributed by atoms with E-state index < -0.39 is 0 Å². The van der Waals surface area contributed by atoms with Gasteiger partial charge in [0, 0.05) is 39.4 Å². The molecule has 19 heavy (non-hydrogen) atoms. The van der Waals surface area contributed by atoms with E-state index in [1.54, 1.807) is 14.2 Å². The molecule has 0 aliphatic carbocycles. The molecule has 1 heterocycles. The number of methoxy groups -OCH3 is 2. The predicted octanol–water partition coefficient (Wildman–Crippen LogP) is 1.13. The van der Waals surface area contributed by atoms with Crippen LogP contribution in [0.15, 0.2) is 18.2 Å². The summed E-state index contributed by atoms with van der Waals surface area (Å²) in [4.78, 5) is 2.33. The van der Waals surface area contributed by atoms with Crippen LogP contribution in [0.1, 0.15) is 0 Å². The average molecular weight is 266 g/mol. The van der Waals surface area contributed by atoms with Crippen molar-refractivity contribution in [2.24, 2.45) is 0 Å². The molecule has 0 spiro atoms. The molecule has 1 aliphatic rings. The minimum atomic E-state index is 0.548. The molecule has 1 saturated heterocycles. The number of hydrogen-bond acceptors (Lipinski definition) is 5. The Hall–Kier alpha value is -1.46. The Morgan fingerprint density at radius 2 is 1.95 bits per heavy atom. The molecule has 1 N–H and O–H groups in total. The van der Waals surface area contributed by atoms with Gasteiger partial charge in [-0.1, -0.05) is 0 Å². The summed E-state index contributed by atoms with van der Waals surface area (Å²) in [5.41, 5.74) is 1.13. The smallest absolute Gasteiger partial charge is 0.145 e. The molecule has 5 heteroatoms. The van der Waals surface area contributed by atoms with Crippen molar-refractivity contribution in [3.63, 3.8) is 0 Å². The van der Waals surface area contributed by atoms with Crippen molar-refractivity contribution in [2.45, 2.75) is 0 Å². The SMILES string of the molecule is COCCOc1ccc(N2CCNCC2)c(OC)c1. The highest BCUT2D eigenvalue weighted by Crippen LogP contribution is 2.32. The fourth-order valence-corrected chi connectivity index (χ4v) is 2.16. The molecular formula is C14H22N2O3. The van der Waals surface area contributed by atoms with Crippen molar-refractivity contribution in [1.29, 1.82) is 0 Å². The van der Waals surface area contributed by atoms with Crippen LogP contribution in [0.2, 0.25) is 0 Å². The van der Waals surface area contributed by atoms with E-state index in [0.29, 0.717) is 13.2 Å². The molecule has 0 radical (unpaired) electrons. The van der Waals surface area contributed by atoms with Crippen molar-refractivity contribution in [3.8, 4) is 11.5 Å². The summed E-state index contributed by atoms with van der Waals surface area (Å²) >= 11 is 0. The Bertz CT molecular complexity index is 392. The second kappa shape index (κ2) is 7.21. The highest BCUT2D eigenvalue weighted by Gasteiger charge is 2.15. The van der Waals surface area contributed by atoms with E-state index in [2.05, 4.69) is 16.3 Å². The molecule has 0 aromatic heterocycles. The largest absolute Gasteiger partial charge is 0.494 e. The topological polar surface area (TPSA) is 43.0 Å². The first-order valence-corrected chi connectivity index (χ1v) is 6.60. The molecule has 0 saturated carbocycles. The quantitative estimate of drug-likeness (QED) is 0.782. The minimum Gasteiger partial charge on any atom is -0.494 e. The van der Waals surface area contributed by atoms with Gasteiger partial charge in [0.15, 0.2) is 0 Å². The molecular weight excluding hydrogens is 244 g/mol. The number of hydrogen-bond donors (Lipinski definition) is 1. The summed E-state index contributed by atoms with van der Waals surface area (Å²) < 4.78 is 16.0. The molecule has 0 atom stereocenters. The number of anilines is 1. The fraction of sp³-hybridized carbons (Fsp3) is 0.571. The lowest BCUT2D eigenvalue weighted by Crippen LogP contribution is -2.43. The van der Waals surface area contributed by atoms with Crippen LogP contribution in [0.3, 0.4) is 0 Å². The molecule has 106 valence electrons. The standard InChI is InChI=1S/C14H22N2O3/c1-17-9-10-19-12-3-4-13(14(11-12)18-2)16-7-5-15-6-8-16/h3-4,11,15H,5-10H2,1-2H3. The number of nitrogens with one attached hydrogen (secondary N) is 1. The Labute approximate surface area is 114 Å². The van der Waals surface area contributed by atoms with Crippen molar-refractivity contribution in [1.82, 2.24) is 5.32 Å². The highest BCUT2D eigenvalue weighted by atomic mass is 16.5. The predicted molar refractivity (Wildman–Crippen MR) is 75.4 cm³/mol. The number of benzene rings is 1. The monoisotopic (exact) mass is 266 g/mol. The molecule has 2 rings (SSSR count). The maximum absolute atomic E-state index is 5.60. The van der Waals surface area contributed by atoms with Gasteiger partial charge in [0.05, 0.1) is 19.4 Å². The van der Waals surface area contributed by atoms with E-state index in [9.17, 15) is 0 Å². The minimum absolute atomic E-state index is 0.548. The van der Waals surface area contributed by atoms with Crippen LogP contribution < -0.4 is 19.7 Å². The van der Waals surface area contributed by atoms with Gasteiger partial charge in [-0.2, -0.15) is 0 Å². The van der Waals surface area contributed by atoms with E-state index in [0.717, 1.165) is 43.4 Å². The number of ether oxygens (including phenoxy) is 3. The lowest BCUT2D eigenvalue weighted by molar-refractivity contribution is 0.146. The van der Waals surface area contributed by atoms with Gasteiger partial charge >= 0.3 is 0 Å². The van der Waals surface area contributed by atoms with Crippen LogP contribution in [-0.4, -0.2) is 53.6 Å². The van der Waals surface area contributed by atoms with Crippen molar-refractivity contribution in [3.05, 3.63) is 18.2 Å². The van der Waals surface area contributed by atoms with Crippen LogP contribution in [-0.2, 0) is 4.74 Å². The van der Waals surface area contributed by atoms with Crippen LogP contribution in [0.4, 0.5) is 5.69 Å². The van der Waals surface area contributed by atoms with Crippen molar-refractivity contribution < 1.29 is 14.2 Å². The van der Waals surface area contributed by atoms with E-state index >= 15 is 0 Å². The van der Waals surface area contributed by atoms with Gasteiger partial charge in [-0.3, -0.25) is 0 Å². The first-order valence-electron chi connectivity index (χ1n) is 6.60. The Kier molecular flexibility index (Phi) is 5.30. The maximum Gasteiger partial charge on any atom is 0.145 e. The van der Waals surface area contributed by atoms with E-state index in [1.807, 2.05) is 12.1 Å². The van der Waals surface area contributed by atoms with Gasteiger partial charge in [-0.15, -0.1) is 0 Å². The van der Waals surface area contributed by atoms with Gasteiger partial charge in [-0.05, 0) is 12.1 Å². The van der Waals surface area contributed by atoms with Crippen molar-refractivity contribution >= 4 is 5.69 Å². The first kappa shape index (κ1) is 14.0. The Balaban J connectivity index is 2.06. The van der Waals surface area contributed by atoms with Gasteiger partial charge in [0.25, 0.3) is 0 Å². The summed E-state index contributed by atoms with van der Waals surface area (Å²) in [6, 6.07) is 5.98. The zero-order valence-electron chi connectivity index (χ0n) is 11.6. The fourth-order valence-electron chi connectivity index (χ4n) is 2.16. The molecule has 1 fully saturated rings. The lowest BCUT2D eigenvalue weighted by Gasteiger charge is -2.30. The molecule has 1 aliphatic heterocycles. The molecule has 0 bridgehead atoms. The highest BCUT2D eigenvalue weighted by molar-refractivity contribution is 5.61. The van der Waals surface area contributed by atoms with Crippen LogP contribution >= 0.6 is 0 Å². The lowest BCUT2D eigenvalue weighted by atomic mass is 10.2. The summed E-state index contributed by atoms with van der Waals surface area (Å²) in [5.74, 6) is 1.67. The molecule has 5 nitrogen and oxygen atoms in total. The maximum atomic E-state index is 5.60. The summed E-state index contributed by atoms with van der Waals surface area (Å²) in [5, 5.41) is 3.35. The van der Waals surface area contributed by atoms with Gasteiger partial charge in [-0.25, -0.2) is 0 Å². The van der Waals surface area contributed by atoms with Crippen molar-refractivity contribution in [2.75, 3.05) is 58.5 Å². The second-order valence-electron chi connectivity index (χ2n) is 4.41. The first-order chi connectivity index (χ1) is 9.35. The molecule has 1 aromatic carbocycles. The average Bonchev–Trinajstić information content (AvgIpc) is 2.48. The van der Waals surface area contributed by atoms with Crippen LogP contribution in [0.5, 0.6) is 11.5 Å². The summed E-state index contributed by atoms with van der Waals surface area (Å²) in [6.07, 6.45) is 0. The Morgan fingerprint density at radius 3 is 2.63 bits per heavy atom. The van der Waals surface area contributed by atoms with E-state index in [-0.39, 0.29) is 0 Å². The Morgan fingerprint density at radius 1 is 1.16 bits per heavy atom. The third-order valence-corrected chi connectivity index (χ3v) is 3.17. The number of nitrogens with zero attached hydrogens (tertiary/aromatic N) is 1. The zero-order chi connectivity index (χ0) is 13.5. The molecule has 1 aromatic rings. The van der Waals surface area contributed by atoms with Gasteiger partial charge < -0.3 is 24.4 Å². The third kappa shape index (κ3) is 3.75. The zero-order valence-corrected chi connectivity index (χ0v) is 11.6.